The van der Waals surface area contributed by atoms with Crippen molar-refractivity contribution in [3.05, 3.63) is 80.8 Å². The Balaban J connectivity index is 1.41. The van der Waals surface area contributed by atoms with Gasteiger partial charge in [0.25, 0.3) is 5.91 Å². The molecule has 7 heteroatoms. The van der Waals surface area contributed by atoms with Gasteiger partial charge in [-0.3, -0.25) is 10.1 Å². The highest BCUT2D eigenvalue weighted by Gasteiger charge is 2.31. The number of amides is 1. The van der Waals surface area contributed by atoms with E-state index >= 15 is 0 Å². The van der Waals surface area contributed by atoms with Crippen molar-refractivity contribution in [3.8, 4) is 0 Å². The zero-order chi connectivity index (χ0) is 19.7. The molecule has 28 heavy (non-hydrogen) atoms. The van der Waals surface area contributed by atoms with Gasteiger partial charge in [0, 0.05) is 28.9 Å². The minimum absolute atomic E-state index is 0.357. The number of thiazole rings is 1. The first-order valence-corrected chi connectivity index (χ1v) is 9.98. The number of hydrogen-bond acceptors (Lipinski definition) is 5. The van der Waals surface area contributed by atoms with E-state index in [1.54, 1.807) is 12.3 Å². The van der Waals surface area contributed by atoms with Crippen LogP contribution in [0.5, 0.6) is 0 Å². The summed E-state index contributed by atoms with van der Waals surface area (Å²) in [5, 5.41) is 3.94. The Hall–Kier alpha value is -2.70. The summed E-state index contributed by atoms with van der Waals surface area (Å²) in [6, 6.07) is 13.2. The molecule has 2 heterocycles. The molecule has 0 unspecified atom stereocenters. The third-order valence-corrected chi connectivity index (χ3v) is 5.67. The van der Waals surface area contributed by atoms with Crippen LogP contribution in [0.25, 0.3) is 0 Å². The molecule has 1 N–H and O–H groups in total. The lowest BCUT2D eigenvalue weighted by Crippen LogP contribution is -2.38. The summed E-state index contributed by atoms with van der Waals surface area (Å²) in [5.41, 5.74) is 3.45. The van der Waals surface area contributed by atoms with Gasteiger partial charge < -0.3 is 4.74 Å². The number of nitrogens with one attached hydrogen (secondary N) is 1. The van der Waals surface area contributed by atoms with Gasteiger partial charge in [-0.1, -0.05) is 41.4 Å². The Morgan fingerprint density at radius 1 is 1.29 bits per heavy atom. The van der Waals surface area contributed by atoms with E-state index in [1.807, 2.05) is 43.3 Å². The Kier molecular flexibility index (Phi) is 5.15. The summed E-state index contributed by atoms with van der Waals surface area (Å²) in [6.45, 7) is 1.91. The molecular weight excluding hydrogens is 396 g/mol. The number of halogens is 1. The molecule has 0 saturated carbocycles. The number of aromatic nitrogens is 1. The molecule has 0 bridgehead atoms. The molecule has 2 aromatic carbocycles. The normalized spacial score (nSPS) is 15.6. The Morgan fingerprint density at radius 3 is 2.86 bits per heavy atom. The summed E-state index contributed by atoms with van der Waals surface area (Å²) < 4.78 is 5.33. The van der Waals surface area contributed by atoms with Crippen molar-refractivity contribution in [3.63, 3.8) is 0 Å². The average Bonchev–Trinajstić information content (AvgIpc) is 3.11. The molecule has 4 rings (SSSR count). The Labute approximate surface area is 171 Å². The molecule has 3 aromatic rings. The van der Waals surface area contributed by atoms with Crippen LogP contribution in [0.15, 0.2) is 48.7 Å². The van der Waals surface area contributed by atoms with Gasteiger partial charge in [0.1, 0.15) is 0 Å². The lowest BCUT2D eigenvalue weighted by atomic mass is 9.96. The third kappa shape index (κ3) is 4.08. The zero-order valence-corrected chi connectivity index (χ0v) is 16.6. The van der Waals surface area contributed by atoms with Crippen LogP contribution in [0.4, 0.5) is 5.13 Å². The second-order valence-corrected chi connectivity index (χ2v) is 8.23. The van der Waals surface area contributed by atoms with Crippen LogP contribution < -0.4 is 5.32 Å². The number of nitrogens with zero attached hydrogens (tertiary/aromatic N) is 1. The van der Waals surface area contributed by atoms with Crippen LogP contribution in [0, 0.1) is 6.92 Å². The molecule has 1 aliphatic rings. The topological polar surface area (TPSA) is 68.3 Å². The van der Waals surface area contributed by atoms with E-state index in [0.717, 1.165) is 21.6 Å². The first-order chi connectivity index (χ1) is 13.5. The van der Waals surface area contributed by atoms with E-state index in [4.69, 9.17) is 16.3 Å². The third-order valence-electron chi connectivity index (χ3n) is 4.51. The van der Waals surface area contributed by atoms with E-state index in [1.165, 1.54) is 11.3 Å². The number of rotatable bonds is 4. The lowest BCUT2D eigenvalue weighted by molar-refractivity contribution is -0.125. The predicted octanol–water partition coefficient (Wildman–Crippen LogP) is 4.42. The van der Waals surface area contributed by atoms with Crippen molar-refractivity contribution in [2.24, 2.45) is 0 Å². The van der Waals surface area contributed by atoms with Crippen molar-refractivity contribution >= 4 is 39.9 Å². The van der Waals surface area contributed by atoms with E-state index in [-0.39, 0.29) is 5.91 Å². The molecule has 0 spiro atoms. The zero-order valence-electron chi connectivity index (χ0n) is 15.1. The van der Waals surface area contributed by atoms with Gasteiger partial charge in [-0.25, -0.2) is 9.78 Å². The number of cyclic esters (lactones) is 1. The number of esters is 1. The second kappa shape index (κ2) is 7.73. The number of hydrogen-bond donors (Lipinski definition) is 1. The number of carbonyl (C=O) groups excluding carboxylic acids is 2. The first kappa shape index (κ1) is 18.7. The highest BCUT2D eigenvalue weighted by molar-refractivity contribution is 7.15. The molecule has 5 nitrogen and oxygen atoms in total. The molecule has 1 atom stereocenters. The molecular formula is C21H17ClN2O3S. The summed E-state index contributed by atoms with van der Waals surface area (Å²) in [5.74, 6) is -0.834. The fourth-order valence-corrected chi connectivity index (χ4v) is 4.05. The minimum Gasteiger partial charge on any atom is -0.448 e. The van der Waals surface area contributed by atoms with Gasteiger partial charge in [-0.15, -0.1) is 11.3 Å². The van der Waals surface area contributed by atoms with Crippen molar-refractivity contribution < 1.29 is 14.3 Å². The maximum Gasteiger partial charge on any atom is 0.339 e. The number of fused-ring (bicyclic) bond motifs is 1. The molecule has 0 saturated heterocycles. The predicted molar refractivity (Wildman–Crippen MR) is 109 cm³/mol. The smallest absolute Gasteiger partial charge is 0.339 e. The van der Waals surface area contributed by atoms with Crippen LogP contribution in [0.1, 0.15) is 31.9 Å². The van der Waals surface area contributed by atoms with Gasteiger partial charge in [0.2, 0.25) is 0 Å². The largest absolute Gasteiger partial charge is 0.448 e. The molecule has 1 amide bonds. The van der Waals surface area contributed by atoms with Crippen LogP contribution in [0.2, 0.25) is 5.02 Å². The van der Waals surface area contributed by atoms with E-state index in [0.29, 0.717) is 28.6 Å². The quantitative estimate of drug-likeness (QED) is 0.644. The molecule has 142 valence electrons. The van der Waals surface area contributed by atoms with Crippen molar-refractivity contribution in [2.75, 3.05) is 5.32 Å². The molecule has 0 radical (unpaired) electrons. The van der Waals surface area contributed by atoms with Crippen LogP contribution in [0.3, 0.4) is 0 Å². The number of anilines is 1. The van der Waals surface area contributed by atoms with Crippen LogP contribution in [-0.2, 0) is 22.4 Å². The highest BCUT2D eigenvalue weighted by Crippen LogP contribution is 2.25. The lowest BCUT2D eigenvalue weighted by Gasteiger charge is -2.23. The van der Waals surface area contributed by atoms with E-state index in [9.17, 15) is 9.59 Å². The minimum atomic E-state index is -0.855. The van der Waals surface area contributed by atoms with Crippen LogP contribution >= 0.6 is 22.9 Å². The molecule has 0 fully saturated rings. The summed E-state index contributed by atoms with van der Waals surface area (Å²) >= 11 is 7.30. The number of aryl methyl sites for hydroxylation is 1. The maximum absolute atomic E-state index is 12.6. The number of benzene rings is 2. The number of carbonyl (C=O) groups is 2. The summed E-state index contributed by atoms with van der Waals surface area (Å²) in [7, 11) is 0. The van der Waals surface area contributed by atoms with Crippen LogP contribution in [-0.4, -0.2) is 23.0 Å². The highest BCUT2D eigenvalue weighted by atomic mass is 35.5. The molecule has 0 aliphatic carbocycles. The SMILES string of the molecule is Cc1ccc2c(c1)C(=O)O[C@@H](C(=O)Nc1ncc(Cc3ccc(Cl)cc3)s1)C2. The Morgan fingerprint density at radius 2 is 2.07 bits per heavy atom. The molecule has 1 aliphatic heterocycles. The van der Waals surface area contributed by atoms with Gasteiger partial charge in [-0.05, 0) is 36.2 Å². The second-order valence-electron chi connectivity index (χ2n) is 6.68. The van der Waals surface area contributed by atoms with Gasteiger partial charge in [0.15, 0.2) is 11.2 Å². The molecule has 1 aromatic heterocycles. The summed E-state index contributed by atoms with van der Waals surface area (Å²) in [4.78, 5) is 30.0. The Bertz CT molecular complexity index is 1050. The monoisotopic (exact) mass is 412 g/mol. The van der Waals surface area contributed by atoms with E-state index in [2.05, 4.69) is 10.3 Å². The van der Waals surface area contributed by atoms with Crippen molar-refractivity contribution in [2.45, 2.75) is 25.9 Å². The van der Waals surface area contributed by atoms with Crippen molar-refractivity contribution in [1.29, 1.82) is 0 Å². The van der Waals surface area contributed by atoms with E-state index < -0.39 is 12.1 Å². The number of ether oxygens (including phenoxy) is 1. The van der Waals surface area contributed by atoms with Gasteiger partial charge >= 0.3 is 5.97 Å². The summed E-state index contributed by atoms with van der Waals surface area (Å²) in [6.07, 6.45) is 1.94. The average molecular weight is 413 g/mol. The standard InChI is InChI=1S/C21H17ClN2O3S/c1-12-2-5-14-10-18(27-20(26)17(14)8-12)19(25)24-21-23-11-16(28-21)9-13-3-6-15(22)7-4-13/h2-8,11,18H,9-10H2,1H3,(H,23,24,25)/t18-/m1/s1. The van der Waals surface area contributed by atoms with Gasteiger partial charge in [-0.2, -0.15) is 0 Å². The fraction of sp³-hybridized carbons (Fsp3) is 0.190. The van der Waals surface area contributed by atoms with Crippen molar-refractivity contribution in [1.82, 2.24) is 4.98 Å². The van der Waals surface area contributed by atoms with Gasteiger partial charge in [0.05, 0.1) is 5.56 Å². The fourth-order valence-electron chi connectivity index (χ4n) is 3.07. The first-order valence-electron chi connectivity index (χ1n) is 8.78. The maximum atomic E-state index is 12.6.